The van der Waals surface area contributed by atoms with Crippen molar-refractivity contribution in [3.8, 4) is 0 Å². The first kappa shape index (κ1) is 8.85. The van der Waals surface area contributed by atoms with Gasteiger partial charge in [-0.05, 0) is 0 Å². The van der Waals surface area contributed by atoms with E-state index in [2.05, 4.69) is 9.57 Å². The third kappa shape index (κ3) is 1.67. The Morgan fingerprint density at radius 3 is 2.27 bits per heavy atom. The number of hydrogen-bond acceptors (Lipinski definition) is 6. The molecule has 66 valence electrons. The van der Waals surface area contributed by atoms with E-state index in [0.29, 0.717) is 0 Å². The van der Waals surface area contributed by atoms with Crippen LogP contribution in [-0.2, 0) is 9.57 Å². The Morgan fingerprint density at radius 2 is 1.91 bits per heavy atom. The average Bonchev–Trinajstić information content (AvgIpc) is 2.19. The highest BCUT2D eigenvalue weighted by Crippen LogP contribution is 2.18. The Balaban J connectivity index is 2.45. The zero-order chi connectivity index (χ0) is 8.43. The van der Waals surface area contributed by atoms with Gasteiger partial charge in [-0.25, -0.2) is 5.90 Å². The molecule has 1 fully saturated rings. The third-order valence-corrected chi connectivity index (χ3v) is 1.60. The topological polar surface area (TPSA) is 105 Å². The van der Waals surface area contributed by atoms with E-state index in [1.54, 1.807) is 0 Å². The summed E-state index contributed by atoms with van der Waals surface area (Å²) in [6, 6.07) is 0. The number of ether oxygens (including phenoxy) is 1. The molecule has 0 aromatic rings. The van der Waals surface area contributed by atoms with Crippen molar-refractivity contribution in [2.75, 3.05) is 6.61 Å². The molecule has 0 aromatic heterocycles. The van der Waals surface area contributed by atoms with Crippen LogP contribution >= 0.6 is 0 Å². The molecule has 11 heavy (non-hydrogen) atoms. The van der Waals surface area contributed by atoms with Gasteiger partial charge in [-0.2, -0.15) is 0 Å². The maximum absolute atomic E-state index is 9.09. The van der Waals surface area contributed by atoms with Crippen molar-refractivity contribution in [1.82, 2.24) is 0 Å². The smallest absolute Gasteiger partial charge is 0.184 e. The van der Waals surface area contributed by atoms with Crippen molar-refractivity contribution >= 4 is 0 Å². The summed E-state index contributed by atoms with van der Waals surface area (Å²) >= 11 is 0. The summed E-state index contributed by atoms with van der Waals surface area (Å²) in [5.74, 6) is 4.71. The molecule has 1 heterocycles. The molecule has 1 unspecified atom stereocenters. The zero-order valence-electron chi connectivity index (χ0n) is 5.75. The molecule has 1 saturated heterocycles. The summed E-state index contributed by atoms with van der Waals surface area (Å²) in [6.45, 7) is -0.0602. The standard InChI is InChI=1S/C5H11NO5/c6-10-1-2-3(7)4(8)5(9)11-2/h2-5,7-9H,1,6H2/t2-,3-,4-,5?/m1/s1. The zero-order valence-corrected chi connectivity index (χ0v) is 5.75. The second kappa shape index (κ2) is 3.44. The Morgan fingerprint density at radius 1 is 1.27 bits per heavy atom. The summed E-state index contributed by atoms with van der Waals surface area (Å²) < 4.78 is 4.68. The summed E-state index contributed by atoms with van der Waals surface area (Å²) in [5.41, 5.74) is 0. The number of aliphatic hydroxyl groups is 3. The van der Waals surface area contributed by atoms with Gasteiger partial charge in [-0.3, -0.25) is 0 Å². The van der Waals surface area contributed by atoms with E-state index in [0.717, 1.165) is 0 Å². The van der Waals surface area contributed by atoms with E-state index in [1.807, 2.05) is 0 Å². The molecular weight excluding hydrogens is 154 g/mol. The van der Waals surface area contributed by atoms with Crippen LogP contribution in [0, 0.1) is 0 Å². The van der Waals surface area contributed by atoms with E-state index in [1.165, 1.54) is 0 Å². The SMILES string of the molecule is NOC[C@H]1OC(O)[C@H](O)[C@@H]1O. The van der Waals surface area contributed by atoms with Crippen molar-refractivity contribution in [2.24, 2.45) is 5.90 Å². The molecule has 0 spiro atoms. The highest BCUT2D eigenvalue weighted by Gasteiger charge is 2.41. The minimum absolute atomic E-state index is 0.0602. The lowest BCUT2D eigenvalue weighted by Gasteiger charge is -2.11. The van der Waals surface area contributed by atoms with Crippen LogP contribution in [0.2, 0.25) is 0 Å². The summed E-state index contributed by atoms with van der Waals surface area (Å²) in [5, 5.41) is 26.9. The van der Waals surface area contributed by atoms with Gasteiger partial charge in [0.25, 0.3) is 0 Å². The molecule has 6 heteroatoms. The van der Waals surface area contributed by atoms with Crippen molar-refractivity contribution < 1.29 is 24.9 Å². The average molecular weight is 165 g/mol. The highest BCUT2D eigenvalue weighted by molar-refractivity contribution is 4.85. The van der Waals surface area contributed by atoms with Gasteiger partial charge in [0.05, 0.1) is 6.61 Å². The summed E-state index contributed by atoms with van der Waals surface area (Å²) in [4.78, 5) is 4.19. The third-order valence-electron chi connectivity index (χ3n) is 1.60. The molecule has 0 amide bonds. The van der Waals surface area contributed by atoms with Gasteiger partial charge in [0.1, 0.15) is 18.3 Å². The molecule has 1 rings (SSSR count). The Kier molecular flexibility index (Phi) is 2.77. The van der Waals surface area contributed by atoms with Crippen LogP contribution in [0.3, 0.4) is 0 Å². The minimum Gasteiger partial charge on any atom is -0.387 e. The van der Waals surface area contributed by atoms with Gasteiger partial charge < -0.3 is 24.9 Å². The second-order valence-corrected chi connectivity index (χ2v) is 2.38. The van der Waals surface area contributed by atoms with E-state index in [4.69, 9.17) is 21.2 Å². The summed E-state index contributed by atoms with van der Waals surface area (Å²) in [6.07, 6.45) is -4.54. The first-order chi connectivity index (χ1) is 5.16. The van der Waals surface area contributed by atoms with Crippen LogP contribution in [0.1, 0.15) is 0 Å². The van der Waals surface area contributed by atoms with Crippen molar-refractivity contribution in [2.45, 2.75) is 24.6 Å². The molecule has 6 nitrogen and oxygen atoms in total. The maximum atomic E-state index is 9.09. The monoisotopic (exact) mass is 165 g/mol. The molecule has 0 bridgehead atoms. The van der Waals surface area contributed by atoms with Gasteiger partial charge in [0.2, 0.25) is 0 Å². The van der Waals surface area contributed by atoms with Gasteiger partial charge >= 0.3 is 0 Å². The van der Waals surface area contributed by atoms with E-state index >= 15 is 0 Å². The predicted molar refractivity (Wildman–Crippen MR) is 33.0 cm³/mol. The normalized spacial score (nSPS) is 44.7. The fourth-order valence-corrected chi connectivity index (χ4v) is 0.961. The van der Waals surface area contributed by atoms with Crippen molar-refractivity contribution in [1.29, 1.82) is 0 Å². The van der Waals surface area contributed by atoms with E-state index in [-0.39, 0.29) is 6.61 Å². The van der Waals surface area contributed by atoms with Crippen LogP contribution in [0.15, 0.2) is 0 Å². The van der Waals surface area contributed by atoms with Crippen LogP contribution < -0.4 is 5.90 Å². The molecule has 1 aliphatic heterocycles. The van der Waals surface area contributed by atoms with Crippen LogP contribution in [0.4, 0.5) is 0 Å². The van der Waals surface area contributed by atoms with Crippen molar-refractivity contribution in [3.63, 3.8) is 0 Å². The number of rotatable bonds is 2. The van der Waals surface area contributed by atoms with Crippen molar-refractivity contribution in [3.05, 3.63) is 0 Å². The number of hydrogen-bond donors (Lipinski definition) is 4. The molecule has 1 aliphatic rings. The maximum Gasteiger partial charge on any atom is 0.184 e. The highest BCUT2D eigenvalue weighted by atomic mass is 16.7. The minimum atomic E-state index is -1.36. The van der Waals surface area contributed by atoms with Gasteiger partial charge in [0, 0.05) is 0 Å². The molecule has 5 N–H and O–H groups in total. The summed E-state index contributed by atoms with van der Waals surface area (Å²) in [7, 11) is 0. The molecular formula is C5H11NO5. The Hall–Kier alpha value is -0.240. The first-order valence-electron chi connectivity index (χ1n) is 3.18. The molecule has 0 radical (unpaired) electrons. The largest absolute Gasteiger partial charge is 0.387 e. The van der Waals surface area contributed by atoms with Crippen LogP contribution in [-0.4, -0.2) is 46.5 Å². The number of nitrogens with two attached hydrogens (primary N) is 1. The van der Waals surface area contributed by atoms with Crippen LogP contribution in [0.5, 0.6) is 0 Å². The quantitative estimate of drug-likeness (QED) is 0.332. The lowest BCUT2D eigenvalue weighted by Crippen LogP contribution is -2.34. The van der Waals surface area contributed by atoms with Crippen LogP contribution in [0.25, 0.3) is 0 Å². The Labute approximate surface area is 63.1 Å². The van der Waals surface area contributed by atoms with E-state index < -0.39 is 24.6 Å². The van der Waals surface area contributed by atoms with Gasteiger partial charge in [0.15, 0.2) is 6.29 Å². The molecule has 0 aliphatic carbocycles. The second-order valence-electron chi connectivity index (χ2n) is 2.38. The fraction of sp³-hybridized carbons (Fsp3) is 1.00. The predicted octanol–water partition coefficient (Wildman–Crippen LogP) is -2.68. The Bertz CT molecular complexity index is 132. The molecule has 0 aromatic carbocycles. The lowest BCUT2D eigenvalue weighted by molar-refractivity contribution is -0.137. The fourth-order valence-electron chi connectivity index (χ4n) is 0.961. The molecule has 4 atom stereocenters. The van der Waals surface area contributed by atoms with Gasteiger partial charge in [-0.1, -0.05) is 0 Å². The van der Waals surface area contributed by atoms with E-state index in [9.17, 15) is 0 Å². The van der Waals surface area contributed by atoms with Gasteiger partial charge in [-0.15, -0.1) is 0 Å². The number of aliphatic hydroxyl groups excluding tert-OH is 3. The first-order valence-corrected chi connectivity index (χ1v) is 3.18. The lowest BCUT2D eigenvalue weighted by atomic mass is 10.1. The molecule has 0 saturated carbocycles.